The number of ether oxygens (including phenoxy) is 4. The van der Waals surface area contributed by atoms with E-state index in [1.54, 1.807) is 0 Å². The Kier molecular flexibility index (Phi) is 68.4. The average Bonchev–Trinajstić information content (AvgIpc) is 1.30. The van der Waals surface area contributed by atoms with Gasteiger partial charge in [0.25, 0.3) is 0 Å². The lowest BCUT2D eigenvalue weighted by Crippen LogP contribution is -2.30. The molecule has 0 aliphatic carbocycles. The highest BCUT2D eigenvalue weighted by atomic mass is 31.2. The van der Waals surface area contributed by atoms with Crippen LogP contribution in [0.4, 0.5) is 0 Å². The molecule has 0 rings (SSSR count). The minimum Gasteiger partial charge on any atom is -0.462 e. The zero-order chi connectivity index (χ0) is 71.4. The molecular formula is C78H152O17P2. The first kappa shape index (κ1) is 95.1. The second-order valence-corrected chi connectivity index (χ2v) is 31.7. The molecule has 17 nitrogen and oxygen atoms in total. The van der Waals surface area contributed by atoms with Gasteiger partial charge in [0.1, 0.15) is 19.3 Å². The molecule has 3 N–H and O–H groups in total. The van der Waals surface area contributed by atoms with Crippen molar-refractivity contribution in [2.75, 3.05) is 39.6 Å². The molecule has 0 saturated carbocycles. The molecular weight excluding hydrogens is 1270 g/mol. The molecule has 0 fully saturated rings. The fourth-order valence-corrected chi connectivity index (χ4v) is 13.6. The normalized spacial score (nSPS) is 14.2. The summed E-state index contributed by atoms with van der Waals surface area (Å²) in [6.07, 6.45) is 58.2. The first-order valence-electron chi connectivity index (χ1n) is 40.5. The molecule has 0 aromatic heterocycles. The number of phosphoric ester groups is 2. The average molecular weight is 1420 g/mol. The third-order valence-corrected chi connectivity index (χ3v) is 20.5. The van der Waals surface area contributed by atoms with Crippen LogP contribution in [0.3, 0.4) is 0 Å². The van der Waals surface area contributed by atoms with Crippen molar-refractivity contribution in [3.63, 3.8) is 0 Å². The second-order valence-electron chi connectivity index (χ2n) is 28.8. The fourth-order valence-electron chi connectivity index (χ4n) is 12.0. The van der Waals surface area contributed by atoms with Gasteiger partial charge in [-0.3, -0.25) is 37.3 Å². The van der Waals surface area contributed by atoms with Crippen LogP contribution in [0, 0.1) is 11.8 Å². The second kappa shape index (κ2) is 69.8. The van der Waals surface area contributed by atoms with Crippen molar-refractivity contribution in [2.24, 2.45) is 11.8 Å². The summed E-state index contributed by atoms with van der Waals surface area (Å²) in [4.78, 5) is 72.9. The topological polar surface area (TPSA) is 237 Å². The van der Waals surface area contributed by atoms with Crippen molar-refractivity contribution < 1.29 is 80.2 Å². The summed E-state index contributed by atoms with van der Waals surface area (Å²) in [7, 11) is -9.91. The molecule has 3 unspecified atom stereocenters. The first-order chi connectivity index (χ1) is 46.9. The zero-order valence-electron chi connectivity index (χ0n) is 63.4. The highest BCUT2D eigenvalue weighted by Gasteiger charge is 2.30. The van der Waals surface area contributed by atoms with Crippen molar-refractivity contribution >= 4 is 39.5 Å². The number of hydrogen-bond donors (Lipinski definition) is 3. The Morgan fingerprint density at radius 2 is 0.526 bits per heavy atom. The van der Waals surface area contributed by atoms with Crippen molar-refractivity contribution in [1.29, 1.82) is 0 Å². The Morgan fingerprint density at radius 1 is 0.299 bits per heavy atom. The summed E-state index contributed by atoms with van der Waals surface area (Å²) in [5.41, 5.74) is 0. The Morgan fingerprint density at radius 3 is 0.784 bits per heavy atom. The van der Waals surface area contributed by atoms with Gasteiger partial charge in [0.15, 0.2) is 12.2 Å². The standard InChI is InChI=1S/C78H152O17P2/c1-7-10-12-14-16-18-20-21-22-23-24-25-26-27-28-29-38-44-50-56-62-77(82)94-74(67-89-76(81)61-55-49-43-37-33-31-35-41-47-53-59-71(6)9-3)69-93-97(86,87)91-65-72(79)64-90-96(84,85)92-68-73(66-88-75(80)60-54-48-42-36-19-17-15-13-11-8-2)95-78(83)63-57-51-45-39-32-30-34-40-46-52-58-70(4)5/h70-74,79H,7-69H2,1-6H3,(H,84,85)(H,86,87)/t71?,72-,73+,74+/m0/s1. The number of phosphoric acid groups is 2. The Hall–Kier alpha value is -1.94. The largest absolute Gasteiger partial charge is 0.472 e. The maximum absolute atomic E-state index is 13.1. The van der Waals surface area contributed by atoms with Crippen LogP contribution in [0.25, 0.3) is 0 Å². The van der Waals surface area contributed by atoms with E-state index >= 15 is 0 Å². The molecule has 0 saturated heterocycles. The van der Waals surface area contributed by atoms with E-state index in [0.717, 1.165) is 102 Å². The van der Waals surface area contributed by atoms with Crippen LogP contribution >= 0.6 is 15.6 Å². The minimum atomic E-state index is -4.96. The highest BCUT2D eigenvalue weighted by molar-refractivity contribution is 7.47. The van der Waals surface area contributed by atoms with Crippen LogP contribution in [0.1, 0.15) is 408 Å². The number of esters is 4. The number of aliphatic hydroxyl groups excluding tert-OH is 1. The van der Waals surface area contributed by atoms with Crippen LogP contribution in [-0.4, -0.2) is 96.7 Å². The molecule has 6 atom stereocenters. The summed E-state index contributed by atoms with van der Waals surface area (Å²) in [5.74, 6) is -0.552. The van der Waals surface area contributed by atoms with Crippen LogP contribution < -0.4 is 0 Å². The molecule has 0 bridgehead atoms. The zero-order valence-corrected chi connectivity index (χ0v) is 65.2. The molecule has 0 spiro atoms. The van der Waals surface area contributed by atoms with Gasteiger partial charge in [0.05, 0.1) is 26.4 Å². The van der Waals surface area contributed by atoms with Gasteiger partial charge in [-0.25, -0.2) is 9.13 Å². The Balaban J connectivity index is 5.23. The third-order valence-electron chi connectivity index (χ3n) is 18.6. The van der Waals surface area contributed by atoms with Gasteiger partial charge in [-0.1, -0.05) is 356 Å². The van der Waals surface area contributed by atoms with Crippen molar-refractivity contribution in [3.05, 3.63) is 0 Å². The Bertz CT molecular complexity index is 1870. The van der Waals surface area contributed by atoms with E-state index < -0.39 is 97.5 Å². The molecule has 0 aromatic rings. The van der Waals surface area contributed by atoms with Crippen molar-refractivity contribution in [2.45, 2.75) is 426 Å². The van der Waals surface area contributed by atoms with Gasteiger partial charge >= 0.3 is 39.5 Å². The van der Waals surface area contributed by atoms with Crippen molar-refractivity contribution in [3.8, 4) is 0 Å². The molecule has 0 aromatic carbocycles. The summed E-state index contributed by atoms with van der Waals surface area (Å²) in [6.45, 7) is 9.62. The van der Waals surface area contributed by atoms with E-state index in [9.17, 15) is 43.2 Å². The minimum absolute atomic E-state index is 0.106. The van der Waals surface area contributed by atoms with E-state index in [4.69, 9.17) is 37.0 Å². The quantitative estimate of drug-likeness (QED) is 0.0222. The van der Waals surface area contributed by atoms with E-state index in [2.05, 4.69) is 41.5 Å². The molecule has 0 amide bonds. The third kappa shape index (κ3) is 70.9. The van der Waals surface area contributed by atoms with E-state index in [0.29, 0.717) is 25.7 Å². The SMILES string of the molecule is CCCCCCCCCCCCCCCCCCCCCCC(=O)O[C@H](COC(=O)CCCCCCCCCCCCC(C)CC)COP(=O)(O)OC[C@@H](O)COP(=O)(O)OC[C@@H](COC(=O)CCCCCCCCCCCC)OC(=O)CCCCCCCCCCCCC(C)C. The van der Waals surface area contributed by atoms with Crippen LogP contribution in [-0.2, 0) is 65.4 Å². The smallest absolute Gasteiger partial charge is 0.462 e. The van der Waals surface area contributed by atoms with Gasteiger partial charge in [-0.05, 0) is 37.5 Å². The van der Waals surface area contributed by atoms with Gasteiger partial charge in [0.2, 0.25) is 0 Å². The molecule has 576 valence electrons. The molecule has 0 aliphatic rings. The van der Waals surface area contributed by atoms with Crippen LogP contribution in [0.5, 0.6) is 0 Å². The van der Waals surface area contributed by atoms with Gasteiger partial charge in [-0.2, -0.15) is 0 Å². The number of aliphatic hydroxyl groups is 1. The van der Waals surface area contributed by atoms with E-state index in [1.165, 1.54) is 225 Å². The first-order valence-corrected chi connectivity index (χ1v) is 43.5. The lowest BCUT2D eigenvalue weighted by atomic mass is 9.99. The number of hydrogen-bond acceptors (Lipinski definition) is 15. The van der Waals surface area contributed by atoms with Gasteiger partial charge in [0, 0.05) is 25.7 Å². The Labute approximate surface area is 594 Å². The van der Waals surface area contributed by atoms with Crippen LogP contribution in [0.2, 0.25) is 0 Å². The summed E-state index contributed by atoms with van der Waals surface area (Å²) >= 11 is 0. The van der Waals surface area contributed by atoms with Gasteiger partial charge < -0.3 is 33.8 Å². The highest BCUT2D eigenvalue weighted by Crippen LogP contribution is 2.45. The van der Waals surface area contributed by atoms with E-state index in [1.807, 2.05) is 0 Å². The number of rotatable bonds is 77. The van der Waals surface area contributed by atoms with E-state index in [-0.39, 0.29) is 25.7 Å². The summed E-state index contributed by atoms with van der Waals surface area (Å²) in [5, 5.41) is 10.6. The lowest BCUT2D eigenvalue weighted by molar-refractivity contribution is -0.161. The van der Waals surface area contributed by atoms with Crippen LogP contribution in [0.15, 0.2) is 0 Å². The van der Waals surface area contributed by atoms with Crippen molar-refractivity contribution in [1.82, 2.24) is 0 Å². The predicted octanol–water partition coefficient (Wildman–Crippen LogP) is 23.1. The molecule has 0 radical (unpaired) electrons. The number of carbonyl (C=O) groups excluding carboxylic acids is 4. The monoisotopic (exact) mass is 1420 g/mol. The predicted molar refractivity (Wildman–Crippen MR) is 395 cm³/mol. The molecule has 19 heteroatoms. The van der Waals surface area contributed by atoms with Gasteiger partial charge in [-0.15, -0.1) is 0 Å². The summed E-state index contributed by atoms with van der Waals surface area (Å²) < 4.78 is 68.6. The lowest BCUT2D eigenvalue weighted by Gasteiger charge is -2.21. The fraction of sp³-hybridized carbons (Fsp3) is 0.949. The number of carbonyl (C=O) groups is 4. The molecule has 0 heterocycles. The molecule has 97 heavy (non-hydrogen) atoms. The number of unbranched alkanes of at least 4 members (excludes halogenated alkanes) is 46. The maximum Gasteiger partial charge on any atom is 0.472 e. The molecule has 0 aliphatic heterocycles. The summed E-state index contributed by atoms with van der Waals surface area (Å²) in [6, 6.07) is 0. The maximum atomic E-state index is 13.1.